The van der Waals surface area contributed by atoms with Gasteiger partial charge in [-0.15, -0.1) is 0 Å². The van der Waals surface area contributed by atoms with Crippen LogP contribution < -0.4 is 4.74 Å². The van der Waals surface area contributed by atoms with Crippen molar-refractivity contribution in [1.82, 2.24) is 0 Å². The molecule has 0 aliphatic carbocycles. The van der Waals surface area contributed by atoms with Gasteiger partial charge in [0.1, 0.15) is 11.4 Å². The van der Waals surface area contributed by atoms with Crippen molar-refractivity contribution in [2.45, 2.75) is 38.7 Å². The van der Waals surface area contributed by atoms with Crippen LogP contribution in [0.25, 0.3) is 0 Å². The van der Waals surface area contributed by atoms with Crippen LogP contribution >= 0.6 is 11.6 Å². The molecular weight excluding hydrogens is 196 g/mol. The molecule has 1 heterocycles. The van der Waals surface area contributed by atoms with Crippen LogP contribution in [0.5, 0.6) is 5.75 Å². The molecule has 76 valence electrons. The molecule has 2 heteroatoms. The smallest absolute Gasteiger partial charge is 0.125 e. The van der Waals surface area contributed by atoms with Gasteiger partial charge in [-0.1, -0.05) is 24.6 Å². The van der Waals surface area contributed by atoms with Gasteiger partial charge >= 0.3 is 0 Å². The Morgan fingerprint density at radius 1 is 1.43 bits per heavy atom. The van der Waals surface area contributed by atoms with E-state index in [-0.39, 0.29) is 5.60 Å². The largest absolute Gasteiger partial charge is 0.487 e. The third kappa shape index (κ3) is 1.74. The molecule has 0 saturated carbocycles. The van der Waals surface area contributed by atoms with Crippen molar-refractivity contribution in [1.29, 1.82) is 0 Å². The highest BCUT2D eigenvalue weighted by molar-refractivity contribution is 6.30. The molecule has 1 atom stereocenters. The van der Waals surface area contributed by atoms with E-state index in [0.29, 0.717) is 5.92 Å². The molecule has 1 aromatic carbocycles. The first-order chi connectivity index (χ1) is 6.48. The number of benzene rings is 1. The van der Waals surface area contributed by atoms with Gasteiger partial charge in [0, 0.05) is 5.02 Å². The highest BCUT2D eigenvalue weighted by Crippen LogP contribution is 2.41. The summed E-state index contributed by atoms with van der Waals surface area (Å²) in [7, 11) is 0. The number of hydrogen-bond acceptors (Lipinski definition) is 1. The summed E-state index contributed by atoms with van der Waals surface area (Å²) in [4.78, 5) is 0. The lowest BCUT2D eigenvalue weighted by atomic mass is 9.86. The Labute approximate surface area is 90.0 Å². The fourth-order valence-electron chi connectivity index (χ4n) is 2.19. The predicted octanol–water partition coefficient (Wildman–Crippen LogP) is 4.00. The molecule has 1 aromatic rings. The number of halogens is 1. The first-order valence-electron chi connectivity index (χ1n) is 4.96. The van der Waals surface area contributed by atoms with Crippen LogP contribution in [0.4, 0.5) is 0 Å². The van der Waals surface area contributed by atoms with Gasteiger partial charge in [-0.25, -0.2) is 0 Å². The highest BCUT2D eigenvalue weighted by atomic mass is 35.5. The average Bonchev–Trinajstić information content (AvgIpc) is 2.00. The summed E-state index contributed by atoms with van der Waals surface area (Å²) in [5, 5.41) is 0.744. The van der Waals surface area contributed by atoms with Crippen LogP contribution in [0.15, 0.2) is 18.2 Å². The molecule has 1 aliphatic heterocycles. The summed E-state index contributed by atoms with van der Waals surface area (Å²) in [6, 6.07) is 5.91. The zero-order valence-corrected chi connectivity index (χ0v) is 9.56. The minimum atomic E-state index is -0.0723. The van der Waals surface area contributed by atoms with Crippen LogP contribution in [0.1, 0.15) is 38.7 Å². The molecule has 0 bridgehead atoms. The summed E-state index contributed by atoms with van der Waals surface area (Å²) >= 11 is 5.94. The lowest BCUT2D eigenvalue weighted by Gasteiger charge is -2.36. The Bertz CT molecular complexity index is 357. The molecule has 0 fully saturated rings. The summed E-state index contributed by atoms with van der Waals surface area (Å²) < 4.78 is 5.89. The maximum absolute atomic E-state index is 5.94. The van der Waals surface area contributed by atoms with Gasteiger partial charge in [-0.05, 0) is 43.9 Å². The Morgan fingerprint density at radius 2 is 2.14 bits per heavy atom. The van der Waals surface area contributed by atoms with E-state index in [4.69, 9.17) is 16.3 Å². The Morgan fingerprint density at radius 3 is 2.86 bits per heavy atom. The third-order valence-electron chi connectivity index (χ3n) is 2.69. The second kappa shape index (κ2) is 3.16. The summed E-state index contributed by atoms with van der Waals surface area (Å²) in [5.41, 5.74) is 1.20. The number of hydrogen-bond donors (Lipinski definition) is 0. The van der Waals surface area contributed by atoms with E-state index in [9.17, 15) is 0 Å². The van der Waals surface area contributed by atoms with E-state index in [1.165, 1.54) is 5.56 Å². The first-order valence-corrected chi connectivity index (χ1v) is 5.34. The molecule has 2 rings (SSSR count). The second-order valence-corrected chi connectivity index (χ2v) is 5.09. The van der Waals surface area contributed by atoms with E-state index in [1.54, 1.807) is 0 Å². The minimum absolute atomic E-state index is 0.0723. The zero-order valence-electron chi connectivity index (χ0n) is 8.80. The van der Waals surface area contributed by atoms with Crippen LogP contribution in [-0.4, -0.2) is 5.60 Å². The predicted molar refractivity (Wildman–Crippen MR) is 59.2 cm³/mol. The molecule has 0 spiro atoms. The average molecular weight is 211 g/mol. The van der Waals surface area contributed by atoms with E-state index >= 15 is 0 Å². The fraction of sp³-hybridized carbons (Fsp3) is 0.500. The fourth-order valence-corrected chi connectivity index (χ4v) is 2.35. The molecule has 0 N–H and O–H groups in total. The van der Waals surface area contributed by atoms with Crippen LogP contribution in [-0.2, 0) is 0 Å². The van der Waals surface area contributed by atoms with Crippen LogP contribution in [0, 0.1) is 0 Å². The maximum Gasteiger partial charge on any atom is 0.125 e. The standard InChI is InChI=1S/C12H15ClO/c1-8-7-12(2,3)14-11-6-9(13)4-5-10(8)11/h4-6,8H,7H2,1-3H3. The van der Waals surface area contributed by atoms with Gasteiger partial charge in [0.25, 0.3) is 0 Å². The summed E-state index contributed by atoms with van der Waals surface area (Å²) in [6.07, 6.45) is 1.06. The van der Waals surface area contributed by atoms with Crippen molar-refractivity contribution in [3.63, 3.8) is 0 Å². The molecular formula is C12H15ClO. The highest BCUT2D eigenvalue weighted by Gasteiger charge is 2.31. The normalized spacial score (nSPS) is 23.9. The summed E-state index contributed by atoms with van der Waals surface area (Å²) in [6.45, 7) is 6.47. The first kappa shape index (κ1) is 9.85. The van der Waals surface area contributed by atoms with Gasteiger partial charge in [0.05, 0.1) is 0 Å². The lowest BCUT2D eigenvalue weighted by molar-refractivity contribution is 0.0747. The third-order valence-corrected chi connectivity index (χ3v) is 2.93. The van der Waals surface area contributed by atoms with Crippen molar-refractivity contribution in [3.8, 4) is 5.75 Å². The minimum Gasteiger partial charge on any atom is -0.487 e. The quantitative estimate of drug-likeness (QED) is 0.629. The van der Waals surface area contributed by atoms with Crippen molar-refractivity contribution >= 4 is 11.6 Å². The second-order valence-electron chi connectivity index (χ2n) is 4.65. The van der Waals surface area contributed by atoms with Crippen molar-refractivity contribution in [3.05, 3.63) is 28.8 Å². The zero-order chi connectivity index (χ0) is 10.3. The van der Waals surface area contributed by atoms with Gasteiger partial charge in [-0.2, -0.15) is 0 Å². The van der Waals surface area contributed by atoms with Crippen LogP contribution in [0.3, 0.4) is 0 Å². The van der Waals surface area contributed by atoms with Gasteiger partial charge in [0.15, 0.2) is 0 Å². The SMILES string of the molecule is CC1CC(C)(C)Oc2cc(Cl)ccc21. The van der Waals surface area contributed by atoms with Crippen molar-refractivity contribution < 1.29 is 4.74 Å². The van der Waals surface area contributed by atoms with E-state index < -0.39 is 0 Å². The molecule has 1 aliphatic rings. The maximum atomic E-state index is 5.94. The van der Waals surface area contributed by atoms with Gasteiger partial charge in [0.2, 0.25) is 0 Å². The van der Waals surface area contributed by atoms with Gasteiger partial charge < -0.3 is 4.74 Å². The molecule has 1 unspecified atom stereocenters. The van der Waals surface area contributed by atoms with E-state index in [1.807, 2.05) is 12.1 Å². The molecule has 0 amide bonds. The lowest BCUT2D eigenvalue weighted by Crippen LogP contribution is -2.34. The topological polar surface area (TPSA) is 9.23 Å². The Hall–Kier alpha value is -0.690. The number of ether oxygens (including phenoxy) is 1. The molecule has 0 aromatic heterocycles. The molecule has 14 heavy (non-hydrogen) atoms. The molecule has 0 radical (unpaired) electrons. The number of fused-ring (bicyclic) bond motifs is 1. The Balaban J connectivity index is 2.46. The van der Waals surface area contributed by atoms with Crippen LogP contribution in [0.2, 0.25) is 5.02 Å². The summed E-state index contributed by atoms with van der Waals surface area (Å²) in [5.74, 6) is 1.49. The Kier molecular flexibility index (Phi) is 2.23. The van der Waals surface area contributed by atoms with E-state index in [2.05, 4.69) is 26.8 Å². The molecule has 0 saturated heterocycles. The monoisotopic (exact) mass is 210 g/mol. The van der Waals surface area contributed by atoms with Gasteiger partial charge in [-0.3, -0.25) is 0 Å². The van der Waals surface area contributed by atoms with Crippen molar-refractivity contribution in [2.24, 2.45) is 0 Å². The molecule has 1 nitrogen and oxygen atoms in total. The number of rotatable bonds is 0. The van der Waals surface area contributed by atoms with Crippen molar-refractivity contribution in [2.75, 3.05) is 0 Å². The van der Waals surface area contributed by atoms with E-state index in [0.717, 1.165) is 17.2 Å².